The first-order chi connectivity index (χ1) is 17.2. The van der Waals surface area contributed by atoms with Crippen LogP contribution >= 0.6 is 23.4 Å². The van der Waals surface area contributed by atoms with Crippen LogP contribution < -0.4 is 5.32 Å². The molecule has 6 nitrogen and oxygen atoms in total. The highest BCUT2D eigenvalue weighted by Gasteiger charge is 2.40. The van der Waals surface area contributed by atoms with Crippen molar-refractivity contribution in [2.24, 2.45) is 0 Å². The third-order valence-electron chi connectivity index (χ3n) is 6.46. The maximum absolute atomic E-state index is 13.0. The van der Waals surface area contributed by atoms with E-state index >= 15 is 0 Å². The number of nitrogens with zero attached hydrogens (tertiary/aromatic N) is 3. The largest absolute Gasteiger partial charge is 0.416 e. The minimum Gasteiger partial charge on any atom is -0.324 e. The zero-order chi connectivity index (χ0) is 25.9. The van der Waals surface area contributed by atoms with Gasteiger partial charge in [0.1, 0.15) is 5.37 Å². The molecule has 2 aromatic rings. The molecule has 2 aliphatic heterocycles. The van der Waals surface area contributed by atoms with Crippen LogP contribution in [0, 0.1) is 0 Å². The molecule has 0 radical (unpaired) electrons. The summed E-state index contributed by atoms with van der Waals surface area (Å²) in [7, 11) is 0. The van der Waals surface area contributed by atoms with E-state index in [4.69, 9.17) is 11.6 Å². The average molecular weight is 541 g/mol. The molecule has 2 atom stereocenters. The fraction of sp³-hybridized carbons (Fsp3) is 0.440. The summed E-state index contributed by atoms with van der Waals surface area (Å²) >= 11 is 8.07. The highest BCUT2D eigenvalue weighted by Crippen LogP contribution is 2.45. The average Bonchev–Trinajstić information content (AvgIpc) is 3.18. The molecule has 36 heavy (non-hydrogen) atoms. The second-order valence-electron chi connectivity index (χ2n) is 8.77. The summed E-state index contributed by atoms with van der Waals surface area (Å²) in [5.74, 6) is 0.127. The van der Waals surface area contributed by atoms with E-state index in [9.17, 15) is 22.8 Å². The number of hydrogen-bond acceptors (Lipinski definition) is 4. The molecular weight excluding hydrogens is 513 g/mol. The summed E-state index contributed by atoms with van der Waals surface area (Å²) in [5.41, 5.74) is 0.501. The van der Waals surface area contributed by atoms with Gasteiger partial charge in [-0.2, -0.15) is 13.2 Å². The van der Waals surface area contributed by atoms with Crippen LogP contribution in [-0.2, 0) is 11.0 Å². The molecule has 4 rings (SSSR count). The SMILES string of the molecule is CC[C@@H]1S[C@H](c2ccccc2Cl)N(CCN2CCN(C(=O)Nc3ccc(C(F)(F)F)cc3)CC2)C1=O. The molecule has 2 heterocycles. The molecule has 0 aliphatic carbocycles. The molecule has 1 N–H and O–H groups in total. The van der Waals surface area contributed by atoms with Gasteiger partial charge in [0.2, 0.25) is 5.91 Å². The number of rotatable bonds is 6. The maximum Gasteiger partial charge on any atom is 0.416 e. The van der Waals surface area contributed by atoms with Crippen molar-refractivity contribution in [2.45, 2.75) is 30.1 Å². The molecule has 2 fully saturated rings. The van der Waals surface area contributed by atoms with E-state index in [-0.39, 0.29) is 22.6 Å². The molecule has 194 valence electrons. The molecule has 0 unspecified atom stereocenters. The van der Waals surface area contributed by atoms with Crippen molar-refractivity contribution < 1.29 is 22.8 Å². The van der Waals surface area contributed by atoms with Gasteiger partial charge in [-0.05, 0) is 36.8 Å². The van der Waals surface area contributed by atoms with Gasteiger partial charge in [-0.1, -0.05) is 36.7 Å². The Hall–Kier alpha value is -2.43. The number of benzene rings is 2. The first kappa shape index (κ1) is 26.6. The second-order valence-corrected chi connectivity index (χ2v) is 10.5. The Kier molecular flexibility index (Phi) is 8.37. The second kappa shape index (κ2) is 11.3. The molecular formula is C25H28ClF3N4O2S. The lowest BCUT2D eigenvalue weighted by Gasteiger charge is -2.36. The minimum atomic E-state index is -4.41. The molecule has 11 heteroatoms. The van der Waals surface area contributed by atoms with Gasteiger partial charge in [-0.25, -0.2) is 4.79 Å². The van der Waals surface area contributed by atoms with E-state index < -0.39 is 11.7 Å². The molecule has 0 bridgehead atoms. The van der Waals surface area contributed by atoms with Crippen molar-refractivity contribution in [2.75, 3.05) is 44.6 Å². The zero-order valence-corrected chi connectivity index (χ0v) is 21.4. The summed E-state index contributed by atoms with van der Waals surface area (Å²) in [4.78, 5) is 31.3. The molecule has 2 aromatic carbocycles. The lowest BCUT2D eigenvalue weighted by molar-refractivity contribution is -0.137. The first-order valence-electron chi connectivity index (χ1n) is 11.8. The van der Waals surface area contributed by atoms with Gasteiger partial charge in [0.15, 0.2) is 0 Å². The number of carbonyl (C=O) groups excluding carboxylic acids is 2. The number of halogens is 4. The van der Waals surface area contributed by atoms with E-state index in [0.717, 1.165) is 24.1 Å². The van der Waals surface area contributed by atoms with Gasteiger partial charge in [0.25, 0.3) is 0 Å². The number of hydrogen-bond donors (Lipinski definition) is 1. The van der Waals surface area contributed by atoms with Gasteiger partial charge < -0.3 is 15.1 Å². The minimum absolute atomic E-state index is 0.0861. The smallest absolute Gasteiger partial charge is 0.324 e. The Morgan fingerprint density at radius 1 is 1.06 bits per heavy atom. The zero-order valence-electron chi connectivity index (χ0n) is 19.8. The van der Waals surface area contributed by atoms with Crippen molar-refractivity contribution in [1.29, 1.82) is 0 Å². The van der Waals surface area contributed by atoms with Gasteiger partial charge in [-0.3, -0.25) is 9.69 Å². The fourth-order valence-electron chi connectivity index (χ4n) is 4.37. The van der Waals surface area contributed by atoms with Gasteiger partial charge in [-0.15, -0.1) is 11.8 Å². The van der Waals surface area contributed by atoms with Crippen LogP contribution in [0.1, 0.15) is 29.8 Å². The molecule has 0 aromatic heterocycles. The van der Waals surface area contributed by atoms with Crippen LogP contribution in [0.5, 0.6) is 0 Å². The predicted molar refractivity (Wildman–Crippen MR) is 136 cm³/mol. The lowest BCUT2D eigenvalue weighted by atomic mass is 10.2. The summed E-state index contributed by atoms with van der Waals surface area (Å²) in [6.45, 7) is 5.51. The van der Waals surface area contributed by atoms with Crippen LogP contribution in [0.3, 0.4) is 0 Å². The summed E-state index contributed by atoms with van der Waals surface area (Å²) < 4.78 is 38.2. The van der Waals surface area contributed by atoms with Crippen molar-refractivity contribution in [3.63, 3.8) is 0 Å². The van der Waals surface area contributed by atoms with E-state index in [0.29, 0.717) is 50.0 Å². The third kappa shape index (κ3) is 6.10. The Morgan fingerprint density at radius 2 is 1.72 bits per heavy atom. The molecule has 3 amide bonds. The molecule has 0 spiro atoms. The Bertz CT molecular complexity index is 1080. The summed E-state index contributed by atoms with van der Waals surface area (Å²) in [6, 6.07) is 11.7. The predicted octanol–water partition coefficient (Wildman–Crippen LogP) is 5.56. The Balaban J connectivity index is 1.29. The molecule has 2 aliphatic rings. The number of piperazine rings is 1. The summed E-state index contributed by atoms with van der Waals surface area (Å²) in [5, 5.41) is 3.11. The topological polar surface area (TPSA) is 55.9 Å². The third-order valence-corrected chi connectivity index (χ3v) is 8.43. The maximum atomic E-state index is 13.0. The van der Waals surface area contributed by atoms with E-state index in [1.165, 1.54) is 12.1 Å². The molecule has 0 saturated carbocycles. The van der Waals surface area contributed by atoms with E-state index in [2.05, 4.69) is 10.2 Å². The standard InChI is InChI=1S/C25H28ClF3N4O2S/c1-2-21-22(34)33(23(36-21)19-5-3-4-6-20(19)26)16-13-31-11-14-32(15-12-31)24(35)30-18-9-7-17(8-10-18)25(27,28)29/h3-10,21,23H,2,11-16H2,1H3,(H,30,35)/t21-,23+/m0/s1. The number of amides is 3. The number of thioether (sulfide) groups is 1. The number of anilines is 1. The van der Waals surface area contributed by atoms with E-state index in [1.807, 2.05) is 36.1 Å². The Labute approximate surface area is 217 Å². The van der Waals surface area contributed by atoms with Gasteiger partial charge in [0, 0.05) is 55.5 Å². The number of carbonyl (C=O) groups is 2. The first-order valence-corrected chi connectivity index (χ1v) is 13.2. The normalized spacial score (nSPS) is 21.2. The Morgan fingerprint density at radius 3 is 2.33 bits per heavy atom. The van der Waals surface area contributed by atoms with E-state index in [1.54, 1.807) is 16.7 Å². The fourth-order valence-corrected chi connectivity index (χ4v) is 6.14. The highest BCUT2D eigenvalue weighted by atomic mass is 35.5. The van der Waals surface area contributed by atoms with Crippen LogP contribution in [0.2, 0.25) is 5.02 Å². The number of nitrogens with one attached hydrogen (secondary N) is 1. The number of urea groups is 1. The van der Waals surface area contributed by atoms with Crippen LogP contribution in [-0.4, -0.2) is 71.2 Å². The monoisotopic (exact) mass is 540 g/mol. The van der Waals surface area contributed by atoms with Crippen molar-refractivity contribution in [3.8, 4) is 0 Å². The summed E-state index contributed by atoms with van der Waals surface area (Å²) in [6.07, 6.45) is -3.66. The number of alkyl halides is 3. The molecule has 2 saturated heterocycles. The lowest BCUT2D eigenvalue weighted by Crippen LogP contribution is -2.51. The van der Waals surface area contributed by atoms with Crippen molar-refractivity contribution in [1.82, 2.24) is 14.7 Å². The van der Waals surface area contributed by atoms with Crippen LogP contribution in [0.4, 0.5) is 23.7 Å². The van der Waals surface area contributed by atoms with Crippen LogP contribution in [0.15, 0.2) is 48.5 Å². The van der Waals surface area contributed by atoms with Gasteiger partial charge in [0.05, 0.1) is 10.8 Å². The van der Waals surface area contributed by atoms with Gasteiger partial charge >= 0.3 is 12.2 Å². The van der Waals surface area contributed by atoms with Crippen molar-refractivity contribution in [3.05, 3.63) is 64.7 Å². The highest BCUT2D eigenvalue weighted by molar-refractivity contribution is 8.01. The van der Waals surface area contributed by atoms with Crippen molar-refractivity contribution >= 4 is 41.0 Å². The quantitative estimate of drug-likeness (QED) is 0.521. The van der Waals surface area contributed by atoms with Crippen LogP contribution in [0.25, 0.3) is 0 Å².